The standard InChI is InChI=1S/C21H18N2O2S/c1-4-8-14(5-2)18(24)13-26-21-22-19-16-10-7-6-9-15(16)11-12-17(19)20(25)23(21)3/h4-12H,1-2,13H2,3H3/b14-8+. The van der Waals surface area contributed by atoms with E-state index in [9.17, 15) is 9.59 Å². The Morgan fingerprint density at radius 1 is 1.19 bits per heavy atom. The summed E-state index contributed by atoms with van der Waals surface area (Å²) < 4.78 is 1.49. The summed E-state index contributed by atoms with van der Waals surface area (Å²) in [5.41, 5.74) is 1.02. The summed E-state index contributed by atoms with van der Waals surface area (Å²) in [6, 6.07) is 11.5. The molecular formula is C21H18N2O2S. The van der Waals surface area contributed by atoms with Gasteiger partial charge in [0.05, 0.1) is 16.7 Å². The summed E-state index contributed by atoms with van der Waals surface area (Å²) in [7, 11) is 1.67. The Kier molecular flexibility index (Phi) is 5.19. The summed E-state index contributed by atoms with van der Waals surface area (Å²) in [6.07, 6.45) is 4.68. The van der Waals surface area contributed by atoms with Gasteiger partial charge in [-0.15, -0.1) is 0 Å². The molecule has 0 N–H and O–H groups in total. The van der Waals surface area contributed by atoms with Crippen molar-refractivity contribution < 1.29 is 4.79 Å². The fourth-order valence-corrected chi connectivity index (χ4v) is 3.59. The van der Waals surface area contributed by atoms with Gasteiger partial charge in [0.15, 0.2) is 10.9 Å². The third kappa shape index (κ3) is 3.26. The highest BCUT2D eigenvalue weighted by Gasteiger charge is 2.13. The second-order valence-electron chi connectivity index (χ2n) is 5.72. The summed E-state index contributed by atoms with van der Waals surface area (Å²) >= 11 is 1.24. The van der Waals surface area contributed by atoms with Crippen LogP contribution in [0.2, 0.25) is 0 Å². The Morgan fingerprint density at radius 3 is 2.69 bits per heavy atom. The molecule has 1 aromatic heterocycles. The zero-order valence-corrected chi connectivity index (χ0v) is 15.3. The fraction of sp³-hybridized carbons (Fsp3) is 0.0952. The van der Waals surface area contributed by atoms with Crippen LogP contribution in [0.3, 0.4) is 0 Å². The molecule has 4 nitrogen and oxygen atoms in total. The molecule has 0 bridgehead atoms. The van der Waals surface area contributed by atoms with Crippen LogP contribution in [0.1, 0.15) is 0 Å². The number of carbonyl (C=O) groups is 1. The van der Waals surface area contributed by atoms with Gasteiger partial charge in [-0.25, -0.2) is 4.98 Å². The van der Waals surface area contributed by atoms with Gasteiger partial charge in [-0.1, -0.05) is 73.5 Å². The van der Waals surface area contributed by atoms with E-state index in [1.54, 1.807) is 25.3 Å². The molecule has 0 radical (unpaired) electrons. The molecule has 0 aliphatic heterocycles. The number of hydrogen-bond acceptors (Lipinski definition) is 4. The molecule has 2 aromatic carbocycles. The first-order valence-electron chi connectivity index (χ1n) is 8.06. The lowest BCUT2D eigenvalue weighted by Crippen LogP contribution is -2.20. The highest BCUT2D eigenvalue weighted by Crippen LogP contribution is 2.24. The van der Waals surface area contributed by atoms with Crippen LogP contribution in [0.25, 0.3) is 21.7 Å². The van der Waals surface area contributed by atoms with Crippen LogP contribution in [0.15, 0.2) is 83.3 Å². The highest BCUT2D eigenvalue weighted by molar-refractivity contribution is 7.99. The zero-order chi connectivity index (χ0) is 18.7. The highest BCUT2D eigenvalue weighted by atomic mass is 32.2. The second-order valence-corrected chi connectivity index (χ2v) is 6.66. The minimum Gasteiger partial charge on any atom is -0.293 e. The first-order chi connectivity index (χ1) is 12.6. The average molecular weight is 362 g/mol. The van der Waals surface area contributed by atoms with Crippen molar-refractivity contribution in [1.82, 2.24) is 9.55 Å². The van der Waals surface area contributed by atoms with Crippen molar-refractivity contribution in [3.63, 3.8) is 0 Å². The van der Waals surface area contributed by atoms with E-state index in [1.807, 2.05) is 30.3 Å². The van der Waals surface area contributed by atoms with E-state index in [4.69, 9.17) is 0 Å². The minimum absolute atomic E-state index is 0.0860. The molecular weight excluding hydrogens is 344 g/mol. The maximum atomic E-state index is 12.7. The number of fused-ring (bicyclic) bond motifs is 3. The van der Waals surface area contributed by atoms with Crippen LogP contribution >= 0.6 is 11.8 Å². The van der Waals surface area contributed by atoms with Crippen LogP contribution in [0.5, 0.6) is 0 Å². The number of benzene rings is 2. The summed E-state index contributed by atoms with van der Waals surface area (Å²) in [6.45, 7) is 7.24. The van der Waals surface area contributed by atoms with E-state index >= 15 is 0 Å². The molecule has 26 heavy (non-hydrogen) atoms. The molecule has 0 spiro atoms. The molecule has 0 unspecified atom stereocenters. The SMILES string of the molecule is C=C/C=C(\C=C)C(=O)CSc1nc2c(ccc3ccccc32)c(=O)n1C. The number of nitrogens with zero attached hydrogens (tertiary/aromatic N) is 2. The number of rotatable bonds is 6. The van der Waals surface area contributed by atoms with Crippen LogP contribution in [-0.4, -0.2) is 21.1 Å². The molecule has 0 aliphatic rings. The van der Waals surface area contributed by atoms with Gasteiger partial charge < -0.3 is 0 Å². The molecule has 130 valence electrons. The predicted octanol–water partition coefficient (Wildman–Crippen LogP) is 4.05. The van der Waals surface area contributed by atoms with Gasteiger partial charge >= 0.3 is 0 Å². The Bertz CT molecular complexity index is 1130. The molecule has 0 saturated carbocycles. The van der Waals surface area contributed by atoms with Crippen molar-refractivity contribution in [2.45, 2.75) is 5.16 Å². The van der Waals surface area contributed by atoms with Crippen molar-refractivity contribution in [2.75, 3.05) is 5.75 Å². The largest absolute Gasteiger partial charge is 0.293 e. The summed E-state index contributed by atoms with van der Waals surface area (Å²) in [5, 5.41) is 3.03. The molecule has 5 heteroatoms. The number of Topliss-reactive ketones (excluding diaryl/α,β-unsaturated/α-hetero) is 1. The quantitative estimate of drug-likeness (QED) is 0.218. The lowest BCUT2D eigenvalue weighted by atomic mass is 10.1. The number of hydrogen-bond donors (Lipinski definition) is 0. The topological polar surface area (TPSA) is 52.0 Å². The van der Waals surface area contributed by atoms with Crippen LogP contribution < -0.4 is 5.56 Å². The van der Waals surface area contributed by atoms with Gasteiger partial charge in [-0.2, -0.15) is 0 Å². The first kappa shape index (κ1) is 17.9. The van der Waals surface area contributed by atoms with Gasteiger partial charge in [-0.3, -0.25) is 14.2 Å². The van der Waals surface area contributed by atoms with Gasteiger partial charge in [-0.05, 0) is 11.5 Å². The van der Waals surface area contributed by atoms with Crippen molar-refractivity contribution in [1.29, 1.82) is 0 Å². The molecule has 1 heterocycles. The smallest absolute Gasteiger partial charge is 0.261 e. The molecule has 0 amide bonds. The normalized spacial score (nSPS) is 11.7. The molecule has 0 fully saturated rings. The summed E-state index contributed by atoms with van der Waals surface area (Å²) in [4.78, 5) is 29.7. The van der Waals surface area contributed by atoms with Crippen molar-refractivity contribution in [3.8, 4) is 0 Å². The Labute approximate surface area is 155 Å². The molecule has 3 aromatic rings. The molecule has 0 saturated heterocycles. The van der Waals surface area contributed by atoms with Gasteiger partial charge in [0.25, 0.3) is 5.56 Å². The third-order valence-electron chi connectivity index (χ3n) is 4.10. The lowest BCUT2D eigenvalue weighted by Gasteiger charge is -2.10. The van der Waals surface area contributed by atoms with Gasteiger partial charge in [0.2, 0.25) is 0 Å². The number of thioether (sulfide) groups is 1. The third-order valence-corrected chi connectivity index (χ3v) is 5.13. The first-order valence-corrected chi connectivity index (χ1v) is 9.05. The summed E-state index contributed by atoms with van der Waals surface area (Å²) in [5.74, 6) is 0.0829. The maximum Gasteiger partial charge on any atom is 0.261 e. The van der Waals surface area contributed by atoms with E-state index in [0.29, 0.717) is 21.6 Å². The second kappa shape index (κ2) is 7.54. The minimum atomic E-state index is -0.124. The molecule has 3 rings (SSSR count). The number of allylic oxidation sites excluding steroid dienone is 4. The fourth-order valence-electron chi connectivity index (χ4n) is 2.73. The predicted molar refractivity (Wildman–Crippen MR) is 109 cm³/mol. The van der Waals surface area contributed by atoms with Gasteiger partial charge in [0, 0.05) is 18.0 Å². The zero-order valence-electron chi connectivity index (χ0n) is 14.4. The van der Waals surface area contributed by atoms with Crippen molar-refractivity contribution in [2.24, 2.45) is 7.05 Å². The number of ketones is 1. The van der Waals surface area contributed by atoms with E-state index in [-0.39, 0.29) is 17.1 Å². The van der Waals surface area contributed by atoms with Crippen LogP contribution in [0, 0.1) is 0 Å². The van der Waals surface area contributed by atoms with E-state index in [1.165, 1.54) is 22.4 Å². The Hall–Kier alpha value is -2.92. The monoisotopic (exact) mass is 362 g/mol. The lowest BCUT2D eigenvalue weighted by molar-refractivity contribution is -0.112. The Balaban J connectivity index is 2.05. The van der Waals surface area contributed by atoms with E-state index < -0.39 is 0 Å². The average Bonchev–Trinajstić information content (AvgIpc) is 2.67. The number of carbonyl (C=O) groups excluding carboxylic acids is 1. The van der Waals surface area contributed by atoms with E-state index in [0.717, 1.165) is 10.8 Å². The molecule has 0 atom stereocenters. The Morgan fingerprint density at radius 2 is 1.96 bits per heavy atom. The molecule has 0 aliphatic carbocycles. The van der Waals surface area contributed by atoms with Crippen LogP contribution in [0.4, 0.5) is 0 Å². The van der Waals surface area contributed by atoms with Crippen LogP contribution in [-0.2, 0) is 11.8 Å². The van der Waals surface area contributed by atoms with E-state index in [2.05, 4.69) is 18.1 Å². The van der Waals surface area contributed by atoms with Crippen molar-refractivity contribution in [3.05, 3.63) is 83.7 Å². The van der Waals surface area contributed by atoms with Crippen molar-refractivity contribution >= 4 is 39.2 Å². The van der Waals surface area contributed by atoms with Gasteiger partial charge in [0.1, 0.15) is 0 Å². The maximum absolute atomic E-state index is 12.7. The number of aromatic nitrogens is 2.